The summed E-state index contributed by atoms with van der Waals surface area (Å²) in [6.07, 6.45) is 6.20. The van der Waals surface area contributed by atoms with E-state index in [9.17, 15) is 9.59 Å². The Hall–Kier alpha value is -3.22. The van der Waals surface area contributed by atoms with Crippen LogP contribution in [0.3, 0.4) is 0 Å². The maximum absolute atomic E-state index is 13.8. The number of fused-ring (bicyclic) bond motifs is 1. The summed E-state index contributed by atoms with van der Waals surface area (Å²) in [6, 6.07) is 5.76. The van der Waals surface area contributed by atoms with Crippen LogP contribution in [0.15, 0.2) is 24.4 Å². The van der Waals surface area contributed by atoms with Crippen LogP contribution < -0.4 is 0 Å². The normalized spacial score (nSPS) is 12.2. The number of unbranched alkanes of at least 4 members (excludes halogenated alkanes) is 1. The van der Waals surface area contributed by atoms with Crippen molar-refractivity contribution >= 4 is 17.5 Å². The SMILES string of the molecule is CCCCC(CCC)OC(=O)c1c(C)nc(C)c(C(=O)OC)c1-c1c(C(C)C)nn2ccccc12. The first-order valence-corrected chi connectivity index (χ1v) is 12.5. The number of rotatable bonds is 10. The monoisotopic (exact) mass is 479 g/mol. The number of methoxy groups -OCH3 is 1. The van der Waals surface area contributed by atoms with Crippen molar-refractivity contribution in [1.82, 2.24) is 14.6 Å². The summed E-state index contributed by atoms with van der Waals surface area (Å²) < 4.78 is 13.0. The van der Waals surface area contributed by atoms with Gasteiger partial charge < -0.3 is 9.47 Å². The predicted octanol–water partition coefficient (Wildman–Crippen LogP) is 6.44. The number of ether oxygens (including phenoxy) is 2. The Kier molecular flexibility index (Phi) is 8.65. The lowest BCUT2D eigenvalue weighted by atomic mass is 9.89. The average molecular weight is 480 g/mol. The van der Waals surface area contributed by atoms with Crippen molar-refractivity contribution in [1.29, 1.82) is 0 Å². The summed E-state index contributed by atoms with van der Waals surface area (Å²) in [4.78, 5) is 31.4. The molecule has 0 fully saturated rings. The summed E-state index contributed by atoms with van der Waals surface area (Å²) in [5.41, 5.74) is 4.41. The minimum atomic E-state index is -0.542. The first kappa shape index (κ1) is 26.4. The number of carbonyl (C=O) groups excluding carboxylic acids is 2. The van der Waals surface area contributed by atoms with Crippen LogP contribution in [0.1, 0.15) is 104 Å². The number of aromatic nitrogens is 3. The molecule has 3 aromatic rings. The predicted molar refractivity (Wildman–Crippen MR) is 137 cm³/mol. The molecule has 7 heteroatoms. The molecule has 0 spiro atoms. The second kappa shape index (κ2) is 11.5. The zero-order chi connectivity index (χ0) is 25.7. The van der Waals surface area contributed by atoms with Gasteiger partial charge in [0.25, 0.3) is 0 Å². The highest BCUT2D eigenvalue weighted by Gasteiger charge is 2.32. The van der Waals surface area contributed by atoms with Gasteiger partial charge in [-0.05, 0) is 44.7 Å². The van der Waals surface area contributed by atoms with Gasteiger partial charge in [0.2, 0.25) is 0 Å². The first-order chi connectivity index (χ1) is 16.7. The van der Waals surface area contributed by atoms with Gasteiger partial charge in [-0.25, -0.2) is 14.1 Å². The maximum Gasteiger partial charge on any atom is 0.340 e. The molecule has 0 aromatic carbocycles. The van der Waals surface area contributed by atoms with Gasteiger partial charge >= 0.3 is 11.9 Å². The van der Waals surface area contributed by atoms with E-state index in [4.69, 9.17) is 14.6 Å². The van der Waals surface area contributed by atoms with Gasteiger partial charge in [-0.1, -0.05) is 53.0 Å². The molecule has 0 bridgehead atoms. The molecule has 188 valence electrons. The van der Waals surface area contributed by atoms with Crippen molar-refractivity contribution in [3.05, 3.63) is 52.6 Å². The second-order valence-corrected chi connectivity index (χ2v) is 9.30. The lowest BCUT2D eigenvalue weighted by Gasteiger charge is -2.21. The molecule has 0 N–H and O–H groups in total. The van der Waals surface area contributed by atoms with Gasteiger partial charge in [0.15, 0.2) is 0 Å². The topological polar surface area (TPSA) is 82.8 Å². The molecule has 1 unspecified atom stereocenters. The molecular weight excluding hydrogens is 442 g/mol. The molecule has 0 saturated heterocycles. The van der Waals surface area contributed by atoms with Crippen LogP contribution in [0.4, 0.5) is 0 Å². The van der Waals surface area contributed by atoms with Crippen LogP contribution >= 0.6 is 0 Å². The van der Waals surface area contributed by atoms with Gasteiger partial charge in [0.1, 0.15) is 6.10 Å². The van der Waals surface area contributed by atoms with E-state index in [1.54, 1.807) is 18.4 Å². The van der Waals surface area contributed by atoms with Crippen LogP contribution in [0.25, 0.3) is 16.6 Å². The van der Waals surface area contributed by atoms with E-state index in [2.05, 4.69) is 18.8 Å². The number of hydrogen-bond acceptors (Lipinski definition) is 6. The molecule has 7 nitrogen and oxygen atoms in total. The third kappa shape index (κ3) is 5.39. The molecule has 0 saturated carbocycles. The molecular formula is C28H37N3O4. The van der Waals surface area contributed by atoms with Crippen LogP contribution in [0.5, 0.6) is 0 Å². The largest absolute Gasteiger partial charge is 0.465 e. The van der Waals surface area contributed by atoms with Crippen molar-refractivity contribution < 1.29 is 19.1 Å². The van der Waals surface area contributed by atoms with E-state index >= 15 is 0 Å². The molecule has 0 aliphatic rings. The third-order valence-corrected chi connectivity index (χ3v) is 6.28. The molecule has 0 aliphatic heterocycles. The molecule has 3 heterocycles. The first-order valence-electron chi connectivity index (χ1n) is 12.5. The average Bonchev–Trinajstić information content (AvgIpc) is 3.21. The third-order valence-electron chi connectivity index (χ3n) is 6.28. The van der Waals surface area contributed by atoms with Crippen LogP contribution in [0.2, 0.25) is 0 Å². The summed E-state index contributed by atoms with van der Waals surface area (Å²) in [5.74, 6) is -0.958. The molecule has 35 heavy (non-hydrogen) atoms. The lowest BCUT2D eigenvalue weighted by molar-refractivity contribution is 0.0254. The Balaban J connectivity index is 2.34. The second-order valence-electron chi connectivity index (χ2n) is 9.30. The Morgan fingerprint density at radius 1 is 0.971 bits per heavy atom. The minimum Gasteiger partial charge on any atom is -0.465 e. The standard InChI is InChI=1S/C28H37N3O4/c1-8-10-14-20(13-9-2)35-28(33)23-19(6)29-18(5)22(27(32)34-7)25(23)24-21-15-11-12-16-31(21)30-26(24)17(3)4/h11-12,15-17,20H,8-10,13-14H2,1-7H3. The Morgan fingerprint density at radius 2 is 1.66 bits per heavy atom. The van der Waals surface area contributed by atoms with Crippen molar-refractivity contribution in [3.63, 3.8) is 0 Å². The molecule has 0 aliphatic carbocycles. The van der Waals surface area contributed by atoms with Gasteiger partial charge in [-0.3, -0.25) is 4.98 Å². The van der Waals surface area contributed by atoms with E-state index in [0.717, 1.165) is 48.9 Å². The number of carbonyl (C=O) groups is 2. The van der Waals surface area contributed by atoms with E-state index in [0.29, 0.717) is 22.5 Å². The van der Waals surface area contributed by atoms with Gasteiger partial charge in [0, 0.05) is 17.3 Å². The Morgan fingerprint density at radius 3 is 2.26 bits per heavy atom. The Bertz CT molecular complexity index is 1210. The van der Waals surface area contributed by atoms with Crippen molar-refractivity contribution in [2.75, 3.05) is 7.11 Å². The highest BCUT2D eigenvalue weighted by molar-refractivity contribution is 6.09. The van der Waals surface area contributed by atoms with E-state index in [1.807, 2.05) is 38.2 Å². The van der Waals surface area contributed by atoms with Crippen LogP contribution in [0, 0.1) is 13.8 Å². The molecule has 0 amide bonds. The molecule has 1 atom stereocenters. The lowest BCUT2D eigenvalue weighted by Crippen LogP contribution is -2.22. The van der Waals surface area contributed by atoms with Crippen molar-refractivity contribution in [3.8, 4) is 11.1 Å². The van der Waals surface area contributed by atoms with E-state index in [1.165, 1.54) is 7.11 Å². The Labute approximate surface area is 207 Å². The highest BCUT2D eigenvalue weighted by atomic mass is 16.5. The van der Waals surface area contributed by atoms with Crippen molar-refractivity contribution in [2.45, 2.75) is 85.7 Å². The highest BCUT2D eigenvalue weighted by Crippen LogP contribution is 2.39. The molecule has 3 rings (SSSR count). The molecule has 0 radical (unpaired) electrons. The van der Waals surface area contributed by atoms with Crippen LogP contribution in [-0.2, 0) is 9.47 Å². The van der Waals surface area contributed by atoms with E-state index in [-0.39, 0.29) is 17.6 Å². The number of nitrogens with zero attached hydrogens (tertiary/aromatic N) is 3. The summed E-state index contributed by atoms with van der Waals surface area (Å²) >= 11 is 0. The fourth-order valence-corrected chi connectivity index (χ4v) is 4.61. The van der Waals surface area contributed by atoms with Crippen LogP contribution in [-0.4, -0.2) is 39.8 Å². The molecule has 3 aromatic heterocycles. The number of pyridine rings is 2. The fraction of sp³-hybridized carbons (Fsp3) is 0.500. The smallest absolute Gasteiger partial charge is 0.340 e. The van der Waals surface area contributed by atoms with Gasteiger partial charge in [0.05, 0.1) is 40.8 Å². The quantitative estimate of drug-likeness (QED) is 0.311. The summed E-state index contributed by atoms with van der Waals surface area (Å²) in [5, 5.41) is 4.80. The van der Waals surface area contributed by atoms with Crippen molar-refractivity contribution in [2.24, 2.45) is 0 Å². The minimum absolute atomic E-state index is 0.0467. The zero-order valence-electron chi connectivity index (χ0n) is 22.0. The number of hydrogen-bond donors (Lipinski definition) is 0. The summed E-state index contributed by atoms with van der Waals surface area (Å²) in [6.45, 7) is 11.8. The summed E-state index contributed by atoms with van der Waals surface area (Å²) in [7, 11) is 1.34. The zero-order valence-corrected chi connectivity index (χ0v) is 22.0. The fourth-order valence-electron chi connectivity index (χ4n) is 4.61. The van der Waals surface area contributed by atoms with Gasteiger partial charge in [-0.15, -0.1) is 0 Å². The maximum atomic E-state index is 13.8. The number of aryl methyl sites for hydroxylation is 2. The van der Waals surface area contributed by atoms with E-state index < -0.39 is 11.9 Å². The van der Waals surface area contributed by atoms with Gasteiger partial charge in [-0.2, -0.15) is 5.10 Å². The number of esters is 2.